The average Bonchev–Trinajstić information content (AvgIpc) is 2.95. The lowest BCUT2D eigenvalue weighted by Crippen LogP contribution is -2.21. The molecule has 3 aromatic rings. The quantitative estimate of drug-likeness (QED) is 0.658. The molecule has 0 bridgehead atoms. The van der Waals surface area contributed by atoms with Gasteiger partial charge in [-0.05, 0) is 30.4 Å². The average molecular weight is 340 g/mol. The number of hydrogen-bond acceptors (Lipinski definition) is 4. The van der Waals surface area contributed by atoms with Crippen LogP contribution in [0.5, 0.6) is 0 Å². The molecule has 4 heteroatoms. The number of nitrogens with one attached hydrogen (secondary N) is 1. The number of benzene rings is 1. The second-order valence-electron chi connectivity index (χ2n) is 6.84. The van der Waals surface area contributed by atoms with Crippen LogP contribution in [0.2, 0.25) is 0 Å². The summed E-state index contributed by atoms with van der Waals surface area (Å²) in [6.45, 7) is 9.72. The molecule has 0 amide bonds. The lowest BCUT2D eigenvalue weighted by atomic mass is 9.81. The van der Waals surface area contributed by atoms with Gasteiger partial charge in [0.15, 0.2) is 0 Å². The third kappa shape index (κ3) is 3.59. The largest absolute Gasteiger partial charge is 0.369 e. The van der Waals surface area contributed by atoms with Crippen molar-refractivity contribution in [3.05, 3.63) is 52.7 Å². The summed E-state index contributed by atoms with van der Waals surface area (Å²) >= 11 is 1.74. The van der Waals surface area contributed by atoms with Crippen molar-refractivity contribution < 1.29 is 0 Å². The van der Waals surface area contributed by atoms with E-state index in [2.05, 4.69) is 74.4 Å². The third-order valence-electron chi connectivity index (χ3n) is 4.48. The molecule has 24 heavy (non-hydrogen) atoms. The van der Waals surface area contributed by atoms with Crippen LogP contribution in [0.15, 0.2) is 36.4 Å². The van der Waals surface area contributed by atoms with Crippen molar-refractivity contribution in [3.8, 4) is 0 Å². The minimum atomic E-state index is 0.137. The molecule has 1 aromatic carbocycles. The maximum absolute atomic E-state index is 4.71. The van der Waals surface area contributed by atoms with Crippen LogP contribution in [-0.2, 0) is 11.8 Å². The van der Waals surface area contributed by atoms with E-state index >= 15 is 0 Å². The van der Waals surface area contributed by atoms with Gasteiger partial charge in [0.2, 0.25) is 0 Å². The van der Waals surface area contributed by atoms with Crippen LogP contribution in [0.25, 0.3) is 10.2 Å². The lowest BCUT2D eigenvalue weighted by molar-refractivity contribution is 0.494. The van der Waals surface area contributed by atoms with E-state index in [1.165, 1.54) is 10.4 Å². The molecule has 0 spiro atoms. The molecule has 1 N–H and O–H groups in total. The van der Waals surface area contributed by atoms with Crippen molar-refractivity contribution in [2.75, 3.05) is 11.9 Å². The number of nitrogens with zero attached hydrogens (tertiary/aromatic N) is 2. The Kier molecular flexibility index (Phi) is 4.86. The monoisotopic (exact) mass is 339 g/mol. The van der Waals surface area contributed by atoms with Gasteiger partial charge in [0, 0.05) is 17.8 Å². The van der Waals surface area contributed by atoms with E-state index in [1.54, 1.807) is 11.3 Å². The molecule has 0 aliphatic carbocycles. The van der Waals surface area contributed by atoms with E-state index in [9.17, 15) is 0 Å². The van der Waals surface area contributed by atoms with Crippen LogP contribution in [-0.4, -0.2) is 16.5 Å². The fraction of sp³-hybridized carbons (Fsp3) is 0.400. The van der Waals surface area contributed by atoms with E-state index in [1.807, 2.05) is 0 Å². The Balaban J connectivity index is 1.76. The van der Waals surface area contributed by atoms with Gasteiger partial charge in [0.1, 0.15) is 16.5 Å². The minimum absolute atomic E-state index is 0.137. The van der Waals surface area contributed by atoms with Gasteiger partial charge in [-0.3, -0.25) is 0 Å². The molecular formula is C20H25N3S. The van der Waals surface area contributed by atoms with Gasteiger partial charge >= 0.3 is 0 Å². The SMILES string of the molecule is CCc1nc(NCCC(C)(C)c2ccccc2)c2cc(C)sc2n1. The highest BCUT2D eigenvalue weighted by molar-refractivity contribution is 7.18. The summed E-state index contributed by atoms with van der Waals surface area (Å²) in [6, 6.07) is 12.9. The number of thiophene rings is 1. The Morgan fingerprint density at radius 3 is 2.58 bits per heavy atom. The van der Waals surface area contributed by atoms with E-state index in [0.29, 0.717) is 0 Å². The van der Waals surface area contributed by atoms with Crippen molar-refractivity contribution in [2.45, 2.75) is 46.0 Å². The molecule has 0 fully saturated rings. The Hall–Kier alpha value is -1.94. The first-order valence-corrected chi connectivity index (χ1v) is 9.37. The van der Waals surface area contributed by atoms with Gasteiger partial charge in [-0.2, -0.15) is 0 Å². The number of anilines is 1. The summed E-state index contributed by atoms with van der Waals surface area (Å²) in [5.74, 6) is 1.89. The zero-order chi connectivity index (χ0) is 17.2. The number of aryl methyl sites for hydroxylation is 2. The van der Waals surface area contributed by atoms with E-state index in [4.69, 9.17) is 4.98 Å². The maximum Gasteiger partial charge on any atom is 0.138 e. The minimum Gasteiger partial charge on any atom is -0.369 e. The van der Waals surface area contributed by atoms with Crippen molar-refractivity contribution in [1.82, 2.24) is 9.97 Å². The smallest absolute Gasteiger partial charge is 0.138 e. The number of hydrogen-bond donors (Lipinski definition) is 1. The predicted molar refractivity (Wildman–Crippen MR) is 104 cm³/mol. The van der Waals surface area contributed by atoms with Crippen LogP contribution < -0.4 is 5.32 Å². The Labute approximate surface area is 148 Å². The molecule has 2 heterocycles. The molecule has 0 radical (unpaired) electrons. The second kappa shape index (κ2) is 6.89. The molecule has 0 unspecified atom stereocenters. The van der Waals surface area contributed by atoms with Crippen molar-refractivity contribution in [3.63, 3.8) is 0 Å². The number of fused-ring (bicyclic) bond motifs is 1. The standard InChI is InChI=1S/C20H25N3S/c1-5-17-22-18(16-13-14(2)24-19(16)23-17)21-12-11-20(3,4)15-9-7-6-8-10-15/h6-10,13H,5,11-12H2,1-4H3,(H,21,22,23). The highest BCUT2D eigenvalue weighted by Crippen LogP contribution is 2.30. The maximum atomic E-state index is 4.71. The first-order valence-electron chi connectivity index (χ1n) is 8.56. The second-order valence-corrected chi connectivity index (χ2v) is 8.08. The Morgan fingerprint density at radius 1 is 1.12 bits per heavy atom. The van der Waals surface area contributed by atoms with Crippen molar-refractivity contribution in [2.24, 2.45) is 0 Å². The van der Waals surface area contributed by atoms with Crippen LogP contribution in [0.4, 0.5) is 5.82 Å². The molecule has 3 rings (SSSR count). The summed E-state index contributed by atoms with van der Waals surface area (Å²) in [5, 5.41) is 4.70. The summed E-state index contributed by atoms with van der Waals surface area (Å²) in [4.78, 5) is 11.7. The normalized spacial score (nSPS) is 11.8. The zero-order valence-electron chi connectivity index (χ0n) is 14.9. The van der Waals surface area contributed by atoms with Crippen LogP contribution in [0.1, 0.15) is 43.5 Å². The van der Waals surface area contributed by atoms with Gasteiger partial charge < -0.3 is 5.32 Å². The molecule has 0 saturated heterocycles. The van der Waals surface area contributed by atoms with Crippen LogP contribution in [0.3, 0.4) is 0 Å². The molecule has 0 aliphatic heterocycles. The molecule has 0 atom stereocenters. The topological polar surface area (TPSA) is 37.8 Å². The Morgan fingerprint density at radius 2 is 1.88 bits per heavy atom. The van der Waals surface area contributed by atoms with Crippen molar-refractivity contribution in [1.29, 1.82) is 0 Å². The van der Waals surface area contributed by atoms with Gasteiger partial charge in [0.25, 0.3) is 0 Å². The highest BCUT2D eigenvalue weighted by atomic mass is 32.1. The zero-order valence-corrected chi connectivity index (χ0v) is 15.7. The molecule has 2 aromatic heterocycles. The lowest BCUT2D eigenvalue weighted by Gasteiger charge is -2.25. The van der Waals surface area contributed by atoms with Gasteiger partial charge in [0.05, 0.1) is 5.39 Å². The summed E-state index contributed by atoms with van der Waals surface area (Å²) in [7, 11) is 0. The van der Waals surface area contributed by atoms with Crippen molar-refractivity contribution >= 4 is 27.4 Å². The van der Waals surface area contributed by atoms with E-state index < -0.39 is 0 Å². The molecule has 0 aliphatic rings. The Bertz CT molecular complexity index is 822. The number of aromatic nitrogens is 2. The molecule has 3 nitrogen and oxygen atoms in total. The summed E-state index contributed by atoms with van der Waals surface area (Å²) < 4.78 is 0. The predicted octanol–water partition coefficient (Wildman–Crippen LogP) is 5.34. The first kappa shape index (κ1) is 16.9. The summed E-state index contributed by atoms with van der Waals surface area (Å²) in [5.41, 5.74) is 1.51. The van der Waals surface area contributed by atoms with Gasteiger partial charge in [-0.1, -0.05) is 51.1 Å². The number of rotatable bonds is 6. The first-order chi connectivity index (χ1) is 11.5. The summed E-state index contributed by atoms with van der Waals surface area (Å²) in [6.07, 6.45) is 1.91. The molecule has 0 saturated carbocycles. The fourth-order valence-electron chi connectivity index (χ4n) is 2.91. The molecular weight excluding hydrogens is 314 g/mol. The third-order valence-corrected chi connectivity index (χ3v) is 5.42. The van der Waals surface area contributed by atoms with Crippen LogP contribution >= 0.6 is 11.3 Å². The van der Waals surface area contributed by atoms with Gasteiger partial charge in [-0.15, -0.1) is 11.3 Å². The fourth-order valence-corrected chi connectivity index (χ4v) is 3.80. The molecule has 126 valence electrons. The van der Waals surface area contributed by atoms with E-state index in [-0.39, 0.29) is 5.41 Å². The van der Waals surface area contributed by atoms with Crippen LogP contribution in [0, 0.1) is 6.92 Å². The van der Waals surface area contributed by atoms with E-state index in [0.717, 1.165) is 41.2 Å². The highest BCUT2D eigenvalue weighted by Gasteiger charge is 2.20. The van der Waals surface area contributed by atoms with Gasteiger partial charge in [-0.25, -0.2) is 9.97 Å².